The monoisotopic (exact) mass is 294 g/mol. The molecule has 0 spiro atoms. The number of carboxylic acids is 1. The maximum absolute atomic E-state index is 12.5. The number of aliphatic hydroxyl groups excluding tert-OH is 1. The van der Waals surface area contributed by atoms with Gasteiger partial charge >= 0.3 is 5.97 Å². The first-order valence-electron chi connectivity index (χ1n) is 6.60. The first-order valence-corrected chi connectivity index (χ1v) is 6.60. The predicted molar refractivity (Wildman–Crippen MR) is 73.1 cm³/mol. The molecule has 1 atom stereocenters. The fraction of sp³-hybridized carbons (Fsp3) is 0.500. The topological polar surface area (TPSA) is 100.0 Å². The number of ether oxygens (including phenoxy) is 1. The van der Waals surface area contributed by atoms with Crippen molar-refractivity contribution in [2.24, 2.45) is 0 Å². The molecule has 7 nitrogen and oxygen atoms in total. The first kappa shape index (κ1) is 15.4. The number of hydrogen-bond acceptors (Lipinski definition) is 5. The highest BCUT2D eigenvalue weighted by atomic mass is 16.5. The molecule has 2 N–H and O–H groups in total. The summed E-state index contributed by atoms with van der Waals surface area (Å²) in [5.74, 6) is -1.67. The Morgan fingerprint density at radius 3 is 2.86 bits per heavy atom. The van der Waals surface area contributed by atoms with E-state index in [1.807, 2.05) is 13.8 Å². The van der Waals surface area contributed by atoms with Gasteiger partial charge in [-0.1, -0.05) is 0 Å². The molecule has 2 heterocycles. The largest absolute Gasteiger partial charge is 0.478 e. The zero-order valence-corrected chi connectivity index (χ0v) is 11.9. The second-order valence-electron chi connectivity index (χ2n) is 5.57. The minimum atomic E-state index is -1.20. The van der Waals surface area contributed by atoms with E-state index in [0.29, 0.717) is 6.54 Å². The van der Waals surface area contributed by atoms with Gasteiger partial charge in [0.25, 0.3) is 5.91 Å². The van der Waals surface area contributed by atoms with Gasteiger partial charge in [0.1, 0.15) is 5.69 Å². The molecule has 21 heavy (non-hydrogen) atoms. The van der Waals surface area contributed by atoms with Crippen molar-refractivity contribution in [1.82, 2.24) is 9.88 Å². The number of nitrogens with zero attached hydrogens (tertiary/aromatic N) is 2. The van der Waals surface area contributed by atoms with Crippen LogP contribution in [0.25, 0.3) is 0 Å². The number of morpholine rings is 1. The van der Waals surface area contributed by atoms with E-state index >= 15 is 0 Å². The molecular formula is C14H18N2O5. The lowest BCUT2D eigenvalue weighted by molar-refractivity contribution is -0.139. The van der Waals surface area contributed by atoms with Gasteiger partial charge in [0, 0.05) is 19.3 Å². The van der Waals surface area contributed by atoms with Crippen LogP contribution in [0.15, 0.2) is 18.3 Å². The van der Waals surface area contributed by atoms with E-state index in [1.165, 1.54) is 23.2 Å². The molecule has 1 saturated heterocycles. The number of amides is 1. The summed E-state index contributed by atoms with van der Waals surface area (Å²) in [6, 6.07) is 2.82. The fourth-order valence-electron chi connectivity index (χ4n) is 2.44. The van der Waals surface area contributed by atoms with Gasteiger partial charge < -0.3 is 19.8 Å². The molecule has 1 aromatic heterocycles. The van der Waals surface area contributed by atoms with Crippen molar-refractivity contribution in [2.75, 3.05) is 19.7 Å². The van der Waals surface area contributed by atoms with E-state index in [4.69, 9.17) is 9.84 Å². The minimum Gasteiger partial charge on any atom is -0.478 e. The molecule has 1 amide bonds. The van der Waals surface area contributed by atoms with Crippen molar-refractivity contribution in [1.29, 1.82) is 0 Å². The van der Waals surface area contributed by atoms with Gasteiger partial charge in [0.2, 0.25) is 0 Å². The summed E-state index contributed by atoms with van der Waals surface area (Å²) in [7, 11) is 0. The molecule has 0 saturated carbocycles. The first-order chi connectivity index (χ1) is 9.84. The van der Waals surface area contributed by atoms with Crippen LogP contribution in [0.4, 0.5) is 0 Å². The SMILES string of the molecule is CC1(C)CN(C(=O)c2ncccc2C(=O)O)CC(CO)O1. The number of aromatic carboxylic acids is 1. The Labute approximate surface area is 122 Å². The lowest BCUT2D eigenvalue weighted by Gasteiger charge is -2.42. The standard InChI is InChI=1S/C14H18N2O5/c1-14(2)8-16(6-9(7-17)21-14)12(18)11-10(13(19)20)4-3-5-15-11/h3-5,9,17H,6-8H2,1-2H3,(H,19,20). The molecule has 0 aliphatic carbocycles. The fourth-order valence-corrected chi connectivity index (χ4v) is 2.44. The van der Waals surface area contributed by atoms with Crippen LogP contribution in [-0.2, 0) is 4.74 Å². The maximum Gasteiger partial charge on any atom is 0.338 e. The van der Waals surface area contributed by atoms with Crippen molar-refractivity contribution >= 4 is 11.9 Å². The van der Waals surface area contributed by atoms with Gasteiger partial charge in [-0.3, -0.25) is 9.78 Å². The maximum atomic E-state index is 12.5. The highest BCUT2D eigenvalue weighted by molar-refractivity contribution is 6.03. The average molecular weight is 294 g/mol. The molecule has 0 bridgehead atoms. The van der Waals surface area contributed by atoms with Crippen LogP contribution >= 0.6 is 0 Å². The zero-order valence-electron chi connectivity index (χ0n) is 11.9. The molecule has 1 unspecified atom stereocenters. The van der Waals surface area contributed by atoms with E-state index < -0.39 is 23.6 Å². The zero-order chi connectivity index (χ0) is 15.6. The molecule has 1 aliphatic rings. The van der Waals surface area contributed by atoms with Crippen LogP contribution in [0.5, 0.6) is 0 Å². The van der Waals surface area contributed by atoms with Gasteiger partial charge in [-0.15, -0.1) is 0 Å². The Morgan fingerprint density at radius 1 is 1.52 bits per heavy atom. The minimum absolute atomic E-state index is 0.0978. The number of carbonyl (C=O) groups is 2. The number of carbonyl (C=O) groups excluding carboxylic acids is 1. The molecule has 114 valence electrons. The Morgan fingerprint density at radius 2 is 2.24 bits per heavy atom. The molecule has 2 rings (SSSR count). The van der Waals surface area contributed by atoms with Crippen molar-refractivity contribution in [3.8, 4) is 0 Å². The summed E-state index contributed by atoms with van der Waals surface area (Å²) in [6.07, 6.45) is 0.893. The van der Waals surface area contributed by atoms with Crippen molar-refractivity contribution in [3.05, 3.63) is 29.6 Å². The van der Waals surface area contributed by atoms with E-state index in [9.17, 15) is 14.7 Å². The molecule has 0 aromatic carbocycles. The predicted octanol–water partition coefficient (Wildman–Crippen LogP) is 0.392. The highest BCUT2D eigenvalue weighted by Gasteiger charge is 2.36. The summed E-state index contributed by atoms with van der Waals surface area (Å²) < 4.78 is 5.64. The van der Waals surface area contributed by atoms with Crippen LogP contribution in [0.3, 0.4) is 0 Å². The van der Waals surface area contributed by atoms with E-state index in [2.05, 4.69) is 4.98 Å². The third-order valence-corrected chi connectivity index (χ3v) is 3.21. The van der Waals surface area contributed by atoms with Crippen LogP contribution in [0.2, 0.25) is 0 Å². The number of aliphatic hydroxyl groups is 1. The van der Waals surface area contributed by atoms with E-state index in [1.54, 1.807) is 0 Å². The second kappa shape index (κ2) is 5.79. The highest BCUT2D eigenvalue weighted by Crippen LogP contribution is 2.22. The summed E-state index contributed by atoms with van der Waals surface area (Å²) >= 11 is 0. The molecule has 7 heteroatoms. The smallest absolute Gasteiger partial charge is 0.338 e. The molecule has 1 aliphatic heterocycles. The number of aromatic nitrogens is 1. The van der Waals surface area contributed by atoms with Gasteiger partial charge in [-0.2, -0.15) is 0 Å². The number of pyridine rings is 1. The molecule has 1 aromatic rings. The lowest BCUT2D eigenvalue weighted by Crippen LogP contribution is -2.55. The third kappa shape index (κ3) is 3.37. The van der Waals surface area contributed by atoms with Crippen molar-refractivity contribution < 1.29 is 24.5 Å². The quantitative estimate of drug-likeness (QED) is 0.836. The summed E-state index contributed by atoms with van der Waals surface area (Å²) in [5.41, 5.74) is -0.842. The summed E-state index contributed by atoms with van der Waals surface area (Å²) in [4.78, 5) is 29.1. The number of hydrogen-bond donors (Lipinski definition) is 2. The van der Waals surface area contributed by atoms with Crippen molar-refractivity contribution in [3.63, 3.8) is 0 Å². The Hall–Kier alpha value is -1.99. The molecular weight excluding hydrogens is 276 g/mol. The van der Waals surface area contributed by atoms with Crippen molar-refractivity contribution in [2.45, 2.75) is 25.6 Å². The van der Waals surface area contributed by atoms with Gasteiger partial charge in [0.15, 0.2) is 0 Å². The molecule has 1 fully saturated rings. The van der Waals surface area contributed by atoms with Gasteiger partial charge in [-0.05, 0) is 26.0 Å². The van der Waals surface area contributed by atoms with Crippen LogP contribution in [0, 0.1) is 0 Å². The van der Waals surface area contributed by atoms with Crippen LogP contribution in [0.1, 0.15) is 34.7 Å². The summed E-state index contributed by atoms with van der Waals surface area (Å²) in [5, 5.41) is 18.4. The van der Waals surface area contributed by atoms with Crippen LogP contribution in [-0.4, -0.2) is 63.4 Å². The van der Waals surface area contributed by atoms with E-state index in [-0.39, 0.29) is 24.4 Å². The second-order valence-corrected chi connectivity index (χ2v) is 5.57. The summed E-state index contributed by atoms with van der Waals surface area (Å²) in [6.45, 7) is 3.92. The van der Waals surface area contributed by atoms with E-state index in [0.717, 1.165) is 0 Å². The molecule has 0 radical (unpaired) electrons. The average Bonchev–Trinajstić information content (AvgIpc) is 2.44. The van der Waals surface area contributed by atoms with Gasteiger partial charge in [-0.25, -0.2) is 4.79 Å². The van der Waals surface area contributed by atoms with Gasteiger partial charge in [0.05, 0.1) is 23.9 Å². The Balaban J connectivity index is 2.29. The lowest BCUT2D eigenvalue weighted by atomic mass is 10.0. The normalized spacial score (nSPS) is 21.1. The number of carboxylic acid groups (broad SMARTS) is 1. The Bertz CT molecular complexity index is 558. The van der Waals surface area contributed by atoms with Crippen LogP contribution < -0.4 is 0 Å². The third-order valence-electron chi connectivity index (χ3n) is 3.21. The Kier molecular flexibility index (Phi) is 4.24. The number of rotatable bonds is 3.